The maximum absolute atomic E-state index is 13.0. The number of alkyl halides is 1. The minimum atomic E-state index is -4.31. The molecule has 1 rings (SSSR count). The second kappa shape index (κ2) is 5.53. The molecule has 1 aromatic rings. The van der Waals surface area contributed by atoms with Gasteiger partial charge in [0.1, 0.15) is 0 Å². The summed E-state index contributed by atoms with van der Waals surface area (Å²) in [6.07, 6.45) is 0. The monoisotopic (exact) mass is 294 g/mol. The predicted molar refractivity (Wildman–Crippen MR) is 68.6 cm³/mol. The van der Waals surface area contributed by atoms with E-state index in [0.717, 1.165) is 6.92 Å². The Bertz CT molecular complexity index is 548. The summed E-state index contributed by atoms with van der Waals surface area (Å²) in [4.78, 5) is 11.0. The fourth-order valence-corrected chi connectivity index (χ4v) is 2.35. The van der Waals surface area contributed by atoms with Gasteiger partial charge in [0, 0.05) is 18.7 Å². The van der Waals surface area contributed by atoms with E-state index < -0.39 is 21.4 Å². The molecule has 1 aromatic carbocycles. The van der Waals surface area contributed by atoms with Crippen LogP contribution in [-0.4, -0.2) is 19.8 Å². The number of nitrogens with zero attached hydrogens (tertiary/aromatic N) is 1. The maximum Gasteiger partial charge on any atom is 0.281 e. The van der Waals surface area contributed by atoms with E-state index in [0.29, 0.717) is 3.82 Å². The molecular weight excluding hydrogens is 283 g/mol. The second-order valence-corrected chi connectivity index (χ2v) is 6.08. The van der Waals surface area contributed by atoms with Crippen LogP contribution in [0.3, 0.4) is 0 Å². The number of amides is 1. The van der Waals surface area contributed by atoms with Crippen molar-refractivity contribution in [2.75, 3.05) is 9.14 Å². The number of hydrogen-bond acceptors (Lipinski definition) is 3. The number of rotatable bonds is 4. The third-order valence-corrected chi connectivity index (χ3v) is 4.26. The molecule has 1 unspecified atom stereocenters. The Morgan fingerprint density at radius 3 is 2.50 bits per heavy atom. The highest BCUT2D eigenvalue weighted by Crippen LogP contribution is 2.31. The third kappa shape index (κ3) is 3.11. The first-order valence-electron chi connectivity index (χ1n) is 4.97. The van der Waals surface area contributed by atoms with Crippen LogP contribution in [0.5, 0.6) is 0 Å². The Hall–Kier alpha value is -1.34. The van der Waals surface area contributed by atoms with Crippen LogP contribution in [0.2, 0.25) is 0 Å². The molecule has 5 nitrogen and oxygen atoms in total. The van der Waals surface area contributed by atoms with Gasteiger partial charge in [-0.15, -0.1) is 0 Å². The van der Waals surface area contributed by atoms with Crippen LogP contribution < -0.4 is 9.14 Å². The van der Waals surface area contributed by atoms with Gasteiger partial charge in [0.2, 0.25) is 11.4 Å². The molecule has 0 aromatic heterocycles. The summed E-state index contributed by atoms with van der Waals surface area (Å²) >= 11 is 5.64. The van der Waals surface area contributed by atoms with Gasteiger partial charge in [0.05, 0.1) is 11.4 Å². The normalized spacial score (nSPS) is 12.9. The molecule has 1 N–H and O–H groups in total. The number of carbonyl (C=O) groups excluding carboxylic acids is 1. The fraction of sp³-hybridized carbons (Fsp3) is 0.300. The number of para-hydroxylation sites is 2. The van der Waals surface area contributed by atoms with Crippen molar-refractivity contribution in [3.05, 3.63) is 24.3 Å². The molecule has 8 heteroatoms. The summed E-state index contributed by atoms with van der Waals surface area (Å²) in [7, 11) is -4.31. The van der Waals surface area contributed by atoms with E-state index in [1.807, 2.05) is 0 Å². The number of anilines is 2. The van der Waals surface area contributed by atoms with E-state index in [1.54, 1.807) is 6.07 Å². The van der Waals surface area contributed by atoms with Gasteiger partial charge in [-0.1, -0.05) is 12.1 Å². The molecule has 0 spiro atoms. The lowest BCUT2D eigenvalue weighted by Gasteiger charge is -2.19. The van der Waals surface area contributed by atoms with E-state index >= 15 is 0 Å². The van der Waals surface area contributed by atoms with Gasteiger partial charge in [-0.2, -0.15) is 3.82 Å². The van der Waals surface area contributed by atoms with Crippen LogP contribution in [0.1, 0.15) is 13.8 Å². The zero-order valence-corrected chi connectivity index (χ0v) is 11.3. The molecule has 0 heterocycles. The molecule has 0 saturated heterocycles. The molecular formula is C10H12ClFN2O3S. The van der Waals surface area contributed by atoms with Gasteiger partial charge >= 0.3 is 0 Å². The molecule has 18 heavy (non-hydrogen) atoms. The molecule has 0 fully saturated rings. The van der Waals surface area contributed by atoms with Crippen molar-refractivity contribution in [1.82, 2.24) is 0 Å². The Kier molecular flexibility index (Phi) is 4.53. The number of halogens is 2. The standard InChI is InChI=1S/C10H12ClFN2O3S/c1-7(12)18(16,17)14(11)10-6-4-3-5-9(10)13-8(2)15/h3-7H,1-2H3,(H,13,15). The molecule has 0 aliphatic carbocycles. The maximum atomic E-state index is 13.0. The van der Waals surface area contributed by atoms with E-state index in [-0.39, 0.29) is 11.4 Å². The minimum absolute atomic E-state index is 0.0149. The van der Waals surface area contributed by atoms with Crippen LogP contribution in [0.15, 0.2) is 24.3 Å². The van der Waals surface area contributed by atoms with Crippen molar-refractivity contribution in [2.45, 2.75) is 19.4 Å². The van der Waals surface area contributed by atoms with Crippen LogP contribution in [0.4, 0.5) is 15.8 Å². The van der Waals surface area contributed by atoms with Crippen molar-refractivity contribution in [3.63, 3.8) is 0 Å². The first-order valence-corrected chi connectivity index (χ1v) is 6.81. The Morgan fingerprint density at radius 1 is 1.44 bits per heavy atom. The quantitative estimate of drug-likeness (QED) is 0.866. The number of sulfonamides is 1. The number of nitrogens with one attached hydrogen (secondary N) is 1. The topological polar surface area (TPSA) is 66.5 Å². The largest absolute Gasteiger partial charge is 0.324 e. The Morgan fingerprint density at radius 2 is 2.00 bits per heavy atom. The highest BCUT2D eigenvalue weighted by molar-refractivity contribution is 7.94. The van der Waals surface area contributed by atoms with Crippen molar-refractivity contribution < 1.29 is 17.6 Å². The van der Waals surface area contributed by atoms with E-state index in [2.05, 4.69) is 5.32 Å². The summed E-state index contributed by atoms with van der Waals surface area (Å²) in [5, 5.41) is 2.41. The molecule has 0 aliphatic rings. The molecule has 1 amide bonds. The second-order valence-electron chi connectivity index (χ2n) is 3.50. The summed E-state index contributed by atoms with van der Waals surface area (Å²) in [5.74, 6) is -0.391. The molecule has 0 aliphatic heterocycles. The van der Waals surface area contributed by atoms with Crippen molar-refractivity contribution in [1.29, 1.82) is 0 Å². The van der Waals surface area contributed by atoms with E-state index in [9.17, 15) is 17.6 Å². The van der Waals surface area contributed by atoms with Gasteiger partial charge in [-0.25, -0.2) is 12.8 Å². The fourth-order valence-electron chi connectivity index (χ4n) is 1.19. The van der Waals surface area contributed by atoms with Gasteiger partial charge in [0.25, 0.3) is 10.0 Å². The number of carbonyl (C=O) groups is 1. The lowest BCUT2D eigenvalue weighted by atomic mass is 10.3. The smallest absolute Gasteiger partial charge is 0.281 e. The first kappa shape index (κ1) is 14.7. The molecule has 0 bridgehead atoms. The lowest BCUT2D eigenvalue weighted by Crippen LogP contribution is -2.29. The predicted octanol–water partition coefficient (Wildman–Crippen LogP) is 2.25. The third-order valence-electron chi connectivity index (χ3n) is 2.04. The lowest BCUT2D eigenvalue weighted by molar-refractivity contribution is -0.114. The summed E-state index contributed by atoms with van der Waals surface area (Å²) < 4.78 is 36.5. The summed E-state index contributed by atoms with van der Waals surface area (Å²) in [6.45, 7) is 2.13. The van der Waals surface area contributed by atoms with Crippen LogP contribution in [0, 0.1) is 0 Å². The average molecular weight is 295 g/mol. The zero-order valence-electron chi connectivity index (χ0n) is 9.72. The summed E-state index contributed by atoms with van der Waals surface area (Å²) in [5.41, 5.74) is -1.98. The van der Waals surface area contributed by atoms with Gasteiger partial charge < -0.3 is 5.32 Å². The van der Waals surface area contributed by atoms with Crippen molar-refractivity contribution in [2.24, 2.45) is 0 Å². The number of benzene rings is 1. The van der Waals surface area contributed by atoms with Crippen LogP contribution in [-0.2, 0) is 14.8 Å². The van der Waals surface area contributed by atoms with Crippen molar-refractivity contribution in [3.8, 4) is 0 Å². The summed E-state index contributed by atoms with van der Waals surface area (Å²) in [6, 6.07) is 5.93. The first-order chi connectivity index (χ1) is 8.26. The molecule has 0 saturated carbocycles. The average Bonchev–Trinajstić information content (AvgIpc) is 2.27. The molecule has 0 radical (unpaired) electrons. The van der Waals surface area contributed by atoms with Crippen LogP contribution in [0.25, 0.3) is 0 Å². The molecule has 1 atom stereocenters. The van der Waals surface area contributed by atoms with Crippen molar-refractivity contribution >= 4 is 39.1 Å². The number of hydrogen-bond donors (Lipinski definition) is 1. The van der Waals surface area contributed by atoms with Crippen LogP contribution >= 0.6 is 11.8 Å². The zero-order chi connectivity index (χ0) is 13.9. The SMILES string of the molecule is CC(=O)Nc1ccccc1N(Cl)S(=O)(=O)C(C)F. The highest BCUT2D eigenvalue weighted by Gasteiger charge is 2.29. The highest BCUT2D eigenvalue weighted by atomic mass is 35.5. The van der Waals surface area contributed by atoms with Gasteiger partial charge in [-0.3, -0.25) is 4.79 Å². The Balaban J connectivity index is 3.21. The Labute approximate surface area is 110 Å². The van der Waals surface area contributed by atoms with Gasteiger partial charge in [-0.05, 0) is 19.1 Å². The van der Waals surface area contributed by atoms with E-state index in [1.165, 1.54) is 25.1 Å². The van der Waals surface area contributed by atoms with Gasteiger partial charge in [0.15, 0.2) is 0 Å². The molecule has 100 valence electrons. The van der Waals surface area contributed by atoms with E-state index in [4.69, 9.17) is 11.8 Å². The minimum Gasteiger partial charge on any atom is -0.324 e.